The molecule has 2 rings (SSSR count). The summed E-state index contributed by atoms with van der Waals surface area (Å²) in [5.41, 5.74) is 1.76. The van der Waals surface area contributed by atoms with E-state index in [0.717, 1.165) is 11.3 Å². The van der Waals surface area contributed by atoms with E-state index in [-0.39, 0.29) is 0 Å². The van der Waals surface area contributed by atoms with E-state index in [1.54, 1.807) is 13.2 Å². The van der Waals surface area contributed by atoms with E-state index in [4.69, 9.17) is 21.1 Å². The first-order valence-corrected chi connectivity index (χ1v) is 6.82. The number of halogens is 1. The van der Waals surface area contributed by atoms with Crippen molar-refractivity contribution in [2.75, 3.05) is 7.11 Å². The first-order chi connectivity index (χ1) is 9.69. The molecule has 1 heterocycles. The second-order valence-electron chi connectivity index (χ2n) is 3.75. The molecule has 20 heavy (non-hydrogen) atoms. The van der Waals surface area contributed by atoms with Crippen molar-refractivity contribution in [3.63, 3.8) is 0 Å². The molecule has 108 valence electrons. The average Bonchev–Trinajstić information content (AvgIpc) is 2.51. The van der Waals surface area contributed by atoms with Gasteiger partial charge in [-0.3, -0.25) is 0 Å². The molecular formula is C15H19ClN2O2. The second kappa shape index (κ2) is 8.38. The fraction of sp³-hybridized carbons (Fsp3) is 0.333. The van der Waals surface area contributed by atoms with Crippen LogP contribution in [0.5, 0.6) is 11.5 Å². The summed E-state index contributed by atoms with van der Waals surface area (Å²) in [5, 5.41) is 7.95. The molecule has 0 aliphatic heterocycles. The fourth-order valence-electron chi connectivity index (χ4n) is 1.44. The van der Waals surface area contributed by atoms with Crippen molar-refractivity contribution in [3.8, 4) is 11.5 Å². The molecule has 0 N–H and O–H groups in total. The summed E-state index contributed by atoms with van der Waals surface area (Å²) in [4.78, 5) is 0. The van der Waals surface area contributed by atoms with Crippen LogP contribution in [0.15, 0.2) is 30.3 Å². The maximum absolute atomic E-state index is 5.77. The maximum Gasteiger partial charge on any atom is 0.155 e. The highest BCUT2D eigenvalue weighted by Crippen LogP contribution is 2.20. The first kappa shape index (κ1) is 16.2. The van der Waals surface area contributed by atoms with Crippen LogP contribution < -0.4 is 9.47 Å². The lowest BCUT2D eigenvalue weighted by atomic mass is 10.2. The smallest absolute Gasteiger partial charge is 0.155 e. The highest BCUT2D eigenvalue weighted by Gasteiger charge is 2.04. The van der Waals surface area contributed by atoms with E-state index in [0.29, 0.717) is 23.2 Å². The zero-order valence-electron chi connectivity index (χ0n) is 12.2. The number of ether oxygens (including phenoxy) is 2. The third-order valence-corrected chi connectivity index (χ3v) is 2.64. The van der Waals surface area contributed by atoms with Gasteiger partial charge in [-0.25, -0.2) is 0 Å². The van der Waals surface area contributed by atoms with Gasteiger partial charge >= 0.3 is 0 Å². The molecule has 0 bridgehead atoms. The van der Waals surface area contributed by atoms with Crippen molar-refractivity contribution in [1.82, 2.24) is 10.2 Å². The molecule has 5 heteroatoms. The number of methoxy groups -OCH3 is 1. The Bertz CT molecular complexity index is 530. The van der Waals surface area contributed by atoms with Gasteiger partial charge < -0.3 is 9.47 Å². The third-order valence-electron chi connectivity index (χ3n) is 2.46. The Morgan fingerprint density at radius 3 is 2.35 bits per heavy atom. The molecule has 0 saturated heterocycles. The molecular weight excluding hydrogens is 276 g/mol. The highest BCUT2D eigenvalue weighted by atomic mass is 35.5. The number of aryl methyl sites for hydroxylation is 1. The van der Waals surface area contributed by atoms with Crippen LogP contribution in [0, 0.1) is 6.92 Å². The van der Waals surface area contributed by atoms with E-state index in [1.807, 2.05) is 45.0 Å². The largest absolute Gasteiger partial charge is 0.497 e. The monoisotopic (exact) mass is 294 g/mol. The van der Waals surface area contributed by atoms with E-state index in [2.05, 4.69) is 10.2 Å². The van der Waals surface area contributed by atoms with Crippen LogP contribution in [-0.2, 0) is 6.61 Å². The Labute approximate surface area is 124 Å². The van der Waals surface area contributed by atoms with E-state index in [1.165, 1.54) is 0 Å². The lowest BCUT2D eigenvalue weighted by Crippen LogP contribution is -1.99. The normalized spacial score (nSPS) is 9.45. The van der Waals surface area contributed by atoms with Gasteiger partial charge in [-0.1, -0.05) is 37.6 Å². The Morgan fingerprint density at radius 1 is 1.10 bits per heavy atom. The van der Waals surface area contributed by atoms with Gasteiger partial charge in [0.1, 0.15) is 23.8 Å². The molecule has 0 aliphatic rings. The predicted octanol–water partition coefficient (Wildman–Crippen LogP) is 4.05. The first-order valence-electron chi connectivity index (χ1n) is 6.44. The van der Waals surface area contributed by atoms with Crippen molar-refractivity contribution in [2.24, 2.45) is 0 Å². The van der Waals surface area contributed by atoms with Crippen LogP contribution >= 0.6 is 11.6 Å². The predicted molar refractivity (Wildman–Crippen MR) is 80.5 cm³/mol. The standard InChI is InChI=1S/C13H13ClN2O2.C2H6/c1-9-12(7-13(14)16-15-9)18-8-10-3-5-11(17-2)6-4-10;1-2/h3-7H,8H2,1-2H3;1-2H3. The van der Waals surface area contributed by atoms with E-state index >= 15 is 0 Å². The minimum Gasteiger partial charge on any atom is -0.497 e. The summed E-state index contributed by atoms with van der Waals surface area (Å²) < 4.78 is 10.7. The lowest BCUT2D eigenvalue weighted by molar-refractivity contribution is 0.301. The number of benzene rings is 1. The SMILES string of the molecule is CC.COc1ccc(COc2cc(Cl)nnc2C)cc1. The molecule has 0 radical (unpaired) electrons. The Balaban J connectivity index is 0.000000956. The van der Waals surface area contributed by atoms with Crippen molar-refractivity contribution in [3.05, 3.63) is 46.7 Å². The summed E-state index contributed by atoms with van der Waals surface area (Å²) in [5.74, 6) is 1.47. The van der Waals surface area contributed by atoms with Gasteiger partial charge in [0.2, 0.25) is 0 Å². The topological polar surface area (TPSA) is 44.2 Å². The van der Waals surface area contributed by atoms with Crippen LogP contribution in [0.3, 0.4) is 0 Å². The van der Waals surface area contributed by atoms with Crippen molar-refractivity contribution in [2.45, 2.75) is 27.4 Å². The highest BCUT2D eigenvalue weighted by molar-refractivity contribution is 6.29. The van der Waals surface area contributed by atoms with Crippen molar-refractivity contribution in [1.29, 1.82) is 0 Å². The number of hydrogen-bond acceptors (Lipinski definition) is 4. The molecule has 0 saturated carbocycles. The number of nitrogens with zero attached hydrogens (tertiary/aromatic N) is 2. The molecule has 4 nitrogen and oxygen atoms in total. The van der Waals surface area contributed by atoms with E-state index in [9.17, 15) is 0 Å². The summed E-state index contributed by atoms with van der Waals surface area (Å²) in [7, 11) is 1.64. The molecule has 0 unspecified atom stereocenters. The quantitative estimate of drug-likeness (QED) is 0.853. The number of rotatable bonds is 4. The zero-order chi connectivity index (χ0) is 15.0. The minimum absolute atomic E-state index is 0.324. The van der Waals surface area contributed by atoms with Crippen LogP contribution in [0.25, 0.3) is 0 Å². The van der Waals surface area contributed by atoms with Crippen LogP contribution in [0.1, 0.15) is 25.1 Å². The van der Waals surface area contributed by atoms with Gasteiger partial charge in [0.05, 0.1) is 7.11 Å². The van der Waals surface area contributed by atoms with Gasteiger partial charge in [-0.15, -0.1) is 5.10 Å². The number of hydrogen-bond donors (Lipinski definition) is 0. The molecule has 1 aromatic heterocycles. The molecule has 0 atom stereocenters. The van der Waals surface area contributed by atoms with Gasteiger partial charge in [-0.2, -0.15) is 5.10 Å². The van der Waals surface area contributed by atoms with Crippen molar-refractivity contribution < 1.29 is 9.47 Å². The second-order valence-corrected chi connectivity index (χ2v) is 4.14. The summed E-state index contributed by atoms with van der Waals surface area (Å²) in [6.45, 7) is 6.28. The van der Waals surface area contributed by atoms with Crippen LogP contribution in [0.4, 0.5) is 0 Å². The van der Waals surface area contributed by atoms with Gasteiger partial charge in [0.15, 0.2) is 5.15 Å². The van der Waals surface area contributed by atoms with Gasteiger partial charge in [0.25, 0.3) is 0 Å². The summed E-state index contributed by atoms with van der Waals surface area (Å²) >= 11 is 5.77. The maximum atomic E-state index is 5.77. The zero-order valence-corrected chi connectivity index (χ0v) is 12.9. The minimum atomic E-state index is 0.324. The van der Waals surface area contributed by atoms with E-state index < -0.39 is 0 Å². The fourth-order valence-corrected chi connectivity index (χ4v) is 1.58. The molecule has 0 fully saturated rings. The molecule has 0 spiro atoms. The third kappa shape index (κ3) is 4.70. The Morgan fingerprint density at radius 2 is 1.75 bits per heavy atom. The molecule has 2 aromatic rings. The molecule has 0 aliphatic carbocycles. The van der Waals surface area contributed by atoms with Crippen molar-refractivity contribution >= 4 is 11.6 Å². The summed E-state index contributed by atoms with van der Waals surface area (Å²) in [6.07, 6.45) is 0. The number of aromatic nitrogens is 2. The molecule has 0 amide bonds. The van der Waals surface area contributed by atoms with Gasteiger partial charge in [0, 0.05) is 6.07 Å². The lowest BCUT2D eigenvalue weighted by Gasteiger charge is -2.08. The Hall–Kier alpha value is -1.81. The van der Waals surface area contributed by atoms with Crippen LogP contribution in [0.2, 0.25) is 5.15 Å². The Kier molecular flexibility index (Phi) is 6.81. The average molecular weight is 295 g/mol. The summed E-state index contributed by atoms with van der Waals surface area (Å²) in [6, 6.07) is 9.34. The van der Waals surface area contributed by atoms with Crippen LogP contribution in [-0.4, -0.2) is 17.3 Å². The van der Waals surface area contributed by atoms with Gasteiger partial charge in [-0.05, 0) is 24.6 Å². The molecule has 1 aromatic carbocycles.